The molecule has 2 N–H and O–H groups in total. The summed E-state index contributed by atoms with van der Waals surface area (Å²) in [6.45, 7) is 1.93. The number of nitrogens with zero attached hydrogens (tertiary/aromatic N) is 1. The number of Topliss-reactive ketones (excluding diaryl/α,β-unsaturated/α-hetero) is 2. The smallest absolute Gasteiger partial charge is 0.337 e. The number of hydrogen-bond acceptors (Lipinski definition) is 6. The first-order valence-corrected chi connectivity index (χ1v) is 9.16. The van der Waals surface area contributed by atoms with Crippen LogP contribution in [0.3, 0.4) is 0 Å². The molecule has 1 heterocycles. The molecule has 0 saturated carbocycles. The molecule has 7 heteroatoms. The van der Waals surface area contributed by atoms with Crippen LogP contribution in [-0.4, -0.2) is 33.9 Å². The summed E-state index contributed by atoms with van der Waals surface area (Å²) in [6, 6.07) is 8.10. The van der Waals surface area contributed by atoms with E-state index in [9.17, 15) is 19.5 Å². The standard InChI is InChI=1S/C19H16N2O4S/c1-3-10-6-7-13(12(9-10)19(24)25)21-15-16(22)11-5-4-8-20-14(11)17(23)18(15)26-2/h4-9,21H,3H2,1-2H3,(H,24,25). The average Bonchev–Trinajstić information content (AvgIpc) is 2.66. The number of allylic oxidation sites excluding steroid dienone is 2. The van der Waals surface area contributed by atoms with Crippen LogP contribution in [-0.2, 0) is 6.42 Å². The maximum Gasteiger partial charge on any atom is 0.337 e. The molecule has 3 rings (SSSR count). The molecule has 0 aliphatic heterocycles. The number of aromatic nitrogens is 1. The zero-order chi connectivity index (χ0) is 18.8. The molecule has 1 aliphatic rings. The number of ketones is 2. The van der Waals surface area contributed by atoms with Crippen molar-refractivity contribution in [3.05, 3.63) is 69.5 Å². The summed E-state index contributed by atoms with van der Waals surface area (Å²) < 4.78 is 0. The Morgan fingerprint density at radius 1 is 1.23 bits per heavy atom. The molecule has 0 amide bonds. The minimum Gasteiger partial charge on any atom is -0.478 e. The minimum absolute atomic E-state index is 0.0505. The Morgan fingerprint density at radius 2 is 2.00 bits per heavy atom. The number of carboxylic acid groups (broad SMARTS) is 1. The van der Waals surface area contributed by atoms with Crippen LogP contribution in [0.5, 0.6) is 0 Å². The molecule has 132 valence electrons. The number of benzene rings is 1. The molecular weight excluding hydrogens is 352 g/mol. The van der Waals surface area contributed by atoms with Gasteiger partial charge in [-0.3, -0.25) is 14.6 Å². The number of anilines is 1. The van der Waals surface area contributed by atoms with E-state index in [1.165, 1.54) is 6.20 Å². The number of aryl methyl sites for hydroxylation is 1. The molecule has 0 radical (unpaired) electrons. The Balaban J connectivity index is 2.11. The van der Waals surface area contributed by atoms with Gasteiger partial charge in [0.05, 0.1) is 21.7 Å². The van der Waals surface area contributed by atoms with Gasteiger partial charge < -0.3 is 10.4 Å². The van der Waals surface area contributed by atoms with Crippen molar-refractivity contribution >= 4 is 35.0 Å². The van der Waals surface area contributed by atoms with E-state index >= 15 is 0 Å². The lowest BCUT2D eigenvalue weighted by atomic mass is 9.96. The van der Waals surface area contributed by atoms with Crippen LogP contribution >= 0.6 is 11.8 Å². The Hall–Kier alpha value is -2.93. The molecule has 0 bridgehead atoms. The van der Waals surface area contributed by atoms with Crippen molar-refractivity contribution in [1.82, 2.24) is 4.98 Å². The molecule has 0 unspecified atom stereocenters. The van der Waals surface area contributed by atoms with E-state index in [0.717, 1.165) is 17.3 Å². The topological polar surface area (TPSA) is 96.4 Å². The van der Waals surface area contributed by atoms with E-state index in [1.54, 1.807) is 36.6 Å². The van der Waals surface area contributed by atoms with Gasteiger partial charge in [-0.05, 0) is 42.5 Å². The van der Waals surface area contributed by atoms with Crippen LogP contribution in [0.4, 0.5) is 5.69 Å². The first-order chi connectivity index (χ1) is 12.5. The third-order valence-electron chi connectivity index (χ3n) is 4.11. The van der Waals surface area contributed by atoms with E-state index in [2.05, 4.69) is 10.3 Å². The zero-order valence-electron chi connectivity index (χ0n) is 14.2. The van der Waals surface area contributed by atoms with Gasteiger partial charge in [0.1, 0.15) is 11.4 Å². The number of aromatic carboxylic acids is 1. The lowest BCUT2D eigenvalue weighted by molar-refractivity contribution is 0.0697. The number of nitrogens with one attached hydrogen (secondary N) is 1. The van der Waals surface area contributed by atoms with Gasteiger partial charge in [0.25, 0.3) is 0 Å². The minimum atomic E-state index is -1.11. The number of carboxylic acids is 1. The summed E-state index contributed by atoms with van der Waals surface area (Å²) in [5.41, 5.74) is 1.59. The third kappa shape index (κ3) is 3.01. The van der Waals surface area contributed by atoms with Crippen molar-refractivity contribution in [3.8, 4) is 0 Å². The SMILES string of the molecule is CCc1ccc(NC2=C(SC)C(=O)c3ncccc3C2=O)c(C(=O)O)c1. The monoisotopic (exact) mass is 368 g/mol. The molecule has 0 atom stereocenters. The van der Waals surface area contributed by atoms with Gasteiger partial charge in [-0.15, -0.1) is 11.8 Å². The molecule has 0 saturated heterocycles. The van der Waals surface area contributed by atoms with Crippen LogP contribution in [0.25, 0.3) is 0 Å². The van der Waals surface area contributed by atoms with Crippen molar-refractivity contribution < 1.29 is 19.5 Å². The number of fused-ring (bicyclic) bond motifs is 1. The second kappa shape index (κ2) is 7.13. The highest BCUT2D eigenvalue weighted by Crippen LogP contribution is 2.32. The van der Waals surface area contributed by atoms with E-state index in [-0.39, 0.29) is 44.7 Å². The van der Waals surface area contributed by atoms with Gasteiger partial charge >= 0.3 is 5.97 Å². The average molecular weight is 368 g/mol. The van der Waals surface area contributed by atoms with Gasteiger partial charge in [0.15, 0.2) is 0 Å². The van der Waals surface area contributed by atoms with Crippen molar-refractivity contribution in [2.75, 3.05) is 11.6 Å². The molecule has 0 fully saturated rings. The highest BCUT2D eigenvalue weighted by molar-refractivity contribution is 8.03. The Kier molecular flexibility index (Phi) is 4.90. The number of pyridine rings is 1. The summed E-state index contributed by atoms with van der Waals surface area (Å²) in [6.07, 6.45) is 3.84. The predicted octanol–water partition coefficient (Wildman–Crippen LogP) is 3.41. The molecule has 1 aliphatic carbocycles. The lowest BCUT2D eigenvalue weighted by Crippen LogP contribution is -2.26. The van der Waals surface area contributed by atoms with Gasteiger partial charge in [0.2, 0.25) is 11.6 Å². The van der Waals surface area contributed by atoms with Gasteiger partial charge in [-0.1, -0.05) is 13.0 Å². The highest BCUT2D eigenvalue weighted by Gasteiger charge is 2.33. The van der Waals surface area contributed by atoms with Crippen molar-refractivity contribution in [3.63, 3.8) is 0 Å². The quantitative estimate of drug-likeness (QED) is 0.835. The lowest BCUT2D eigenvalue weighted by Gasteiger charge is -2.21. The fraction of sp³-hybridized carbons (Fsp3) is 0.158. The molecule has 1 aromatic heterocycles. The molecule has 6 nitrogen and oxygen atoms in total. The maximum absolute atomic E-state index is 12.9. The second-order valence-electron chi connectivity index (χ2n) is 5.63. The van der Waals surface area contributed by atoms with Crippen molar-refractivity contribution in [2.45, 2.75) is 13.3 Å². The summed E-state index contributed by atoms with van der Waals surface area (Å²) in [7, 11) is 0. The highest BCUT2D eigenvalue weighted by atomic mass is 32.2. The number of rotatable bonds is 5. The second-order valence-corrected chi connectivity index (χ2v) is 6.45. The number of carbonyl (C=O) groups is 3. The molecule has 2 aromatic rings. The van der Waals surface area contributed by atoms with Crippen LogP contribution in [0.1, 0.15) is 43.7 Å². The molecule has 1 aromatic carbocycles. The first-order valence-electron chi connectivity index (χ1n) is 7.93. The van der Waals surface area contributed by atoms with E-state index in [1.807, 2.05) is 6.92 Å². The number of thioether (sulfide) groups is 1. The normalized spacial score (nSPS) is 13.6. The van der Waals surface area contributed by atoms with Gasteiger partial charge in [-0.2, -0.15) is 0 Å². The number of hydrogen-bond donors (Lipinski definition) is 2. The molecule has 0 spiro atoms. The van der Waals surface area contributed by atoms with Crippen molar-refractivity contribution in [2.24, 2.45) is 0 Å². The van der Waals surface area contributed by atoms with Crippen molar-refractivity contribution in [1.29, 1.82) is 0 Å². The van der Waals surface area contributed by atoms with Gasteiger partial charge in [-0.25, -0.2) is 4.79 Å². The summed E-state index contributed by atoms with van der Waals surface area (Å²) in [4.78, 5) is 41.4. The van der Waals surface area contributed by atoms with Crippen LogP contribution in [0.15, 0.2) is 47.1 Å². The predicted molar refractivity (Wildman–Crippen MR) is 99.8 cm³/mol. The van der Waals surface area contributed by atoms with E-state index in [0.29, 0.717) is 6.42 Å². The molecular formula is C19H16N2O4S. The van der Waals surface area contributed by atoms with Crippen LogP contribution in [0.2, 0.25) is 0 Å². The maximum atomic E-state index is 12.9. The fourth-order valence-electron chi connectivity index (χ4n) is 2.77. The third-order valence-corrected chi connectivity index (χ3v) is 4.91. The van der Waals surface area contributed by atoms with Crippen LogP contribution < -0.4 is 5.32 Å². The summed E-state index contributed by atoms with van der Waals surface area (Å²) >= 11 is 1.13. The zero-order valence-corrected chi connectivity index (χ0v) is 15.0. The number of carbonyl (C=O) groups excluding carboxylic acids is 2. The van der Waals surface area contributed by atoms with Gasteiger partial charge in [0, 0.05) is 6.20 Å². The summed E-state index contributed by atoms with van der Waals surface area (Å²) in [5, 5.41) is 12.4. The molecule has 26 heavy (non-hydrogen) atoms. The Morgan fingerprint density at radius 3 is 2.65 bits per heavy atom. The Bertz CT molecular complexity index is 966. The van der Waals surface area contributed by atoms with E-state index < -0.39 is 5.97 Å². The van der Waals surface area contributed by atoms with Crippen LogP contribution in [0, 0.1) is 0 Å². The summed E-state index contributed by atoms with van der Waals surface area (Å²) in [5.74, 6) is -1.84. The first kappa shape index (κ1) is 17.9. The van der Waals surface area contributed by atoms with E-state index in [4.69, 9.17) is 0 Å². The fourth-order valence-corrected chi connectivity index (χ4v) is 3.40. The largest absolute Gasteiger partial charge is 0.478 e. The Labute approximate surface area is 154 Å².